The zero-order valence-electron chi connectivity index (χ0n) is 7.20. The molecule has 0 amide bonds. The number of fused-ring (bicyclic) bond motifs is 1. The van der Waals surface area contributed by atoms with Gasteiger partial charge in [0.2, 0.25) is 0 Å². The molecule has 1 aromatic heterocycles. The Morgan fingerprint density at radius 1 is 1.31 bits per heavy atom. The fraction of sp³-hybridized carbons (Fsp3) is 0.0909. The van der Waals surface area contributed by atoms with E-state index in [0.717, 1.165) is 5.75 Å². The SMILES string of the molecule is SCC=Cc1cccc2[nH]ccc12. The highest BCUT2D eigenvalue weighted by molar-refractivity contribution is 7.80. The molecule has 0 unspecified atom stereocenters. The smallest absolute Gasteiger partial charge is 0.0459 e. The van der Waals surface area contributed by atoms with Crippen LogP contribution in [0.15, 0.2) is 36.5 Å². The highest BCUT2D eigenvalue weighted by Crippen LogP contribution is 2.18. The van der Waals surface area contributed by atoms with Crippen molar-refractivity contribution in [1.82, 2.24) is 4.98 Å². The van der Waals surface area contributed by atoms with Crippen molar-refractivity contribution in [2.75, 3.05) is 5.75 Å². The summed E-state index contributed by atoms with van der Waals surface area (Å²) in [6.07, 6.45) is 6.11. The molecule has 2 rings (SSSR count). The van der Waals surface area contributed by atoms with E-state index in [4.69, 9.17) is 0 Å². The number of aromatic nitrogens is 1. The van der Waals surface area contributed by atoms with Gasteiger partial charge in [-0.3, -0.25) is 0 Å². The summed E-state index contributed by atoms with van der Waals surface area (Å²) in [6, 6.07) is 8.33. The van der Waals surface area contributed by atoms with Crippen LogP contribution in [0.1, 0.15) is 5.56 Å². The first-order valence-electron chi connectivity index (χ1n) is 4.25. The predicted octanol–water partition coefficient (Wildman–Crippen LogP) is 3.11. The second kappa shape index (κ2) is 3.71. The molecule has 0 bridgehead atoms. The molecule has 2 heteroatoms. The maximum Gasteiger partial charge on any atom is 0.0459 e. The predicted molar refractivity (Wildman–Crippen MR) is 61.2 cm³/mol. The lowest BCUT2D eigenvalue weighted by atomic mass is 10.1. The molecule has 0 aliphatic carbocycles. The molecule has 1 aromatic carbocycles. The van der Waals surface area contributed by atoms with Gasteiger partial charge in [0.15, 0.2) is 0 Å². The Hall–Kier alpha value is -1.15. The van der Waals surface area contributed by atoms with Gasteiger partial charge in [0.1, 0.15) is 0 Å². The first kappa shape index (κ1) is 8.45. The van der Waals surface area contributed by atoms with Crippen molar-refractivity contribution in [3.8, 4) is 0 Å². The molecule has 66 valence electrons. The number of nitrogens with one attached hydrogen (secondary N) is 1. The number of thiol groups is 1. The normalized spacial score (nSPS) is 11.5. The Morgan fingerprint density at radius 2 is 2.23 bits per heavy atom. The average molecular weight is 189 g/mol. The number of benzene rings is 1. The van der Waals surface area contributed by atoms with E-state index in [1.54, 1.807) is 0 Å². The Balaban J connectivity index is 2.54. The lowest BCUT2D eigenvalue weighted by molar-refractivity contribution is 1.48. The third kappa shape index (κ3) is 1.63. The first-order valence-corrected chi connectivity index (χ1v) is 4.88. The lowest BCUT2D eigenvalue weighted by Crippen LogP contribution is -1.74. The van der Waals surface area contributed by atoms with Crippen LogP contribution in [0.5, 0.6) is 0 Å². The van der Waals surface area contributed by atoms with E-state index in [2.05, 4.69) is 48.0 Å². The van der Waals surface area contributed by atoms with Crippen molar-refractivity contribution in [2.24, 2.45) is 0 Å². The van der Waals surface area contributed by atoms with Crippen LogP contribution in [-0.4, -0.2) is 10.7 Å². The maximum atomic E-state index is 4.14. The number of rotatable bonds is 2. The van der Waals surface area contributed by atoms with E-state index in [1.807, 2.05) is 12.3 Å². The zero-order chi connectivity index (χ0) is 9.10. The number of H-pyrrole nitrogens is 1. The van der Waals surface area contributed by atoms with Gasteiger partial charge in [0.05, 0.1) is 0 Å². The molecule has 0 aliphatic heterocycles. The van der Waals surface area contributed by atoms with Gasteiger partial charge in [-0.25, -0.2) is 0 Å². The summed E-state index contributed by atoms with van der Waals surface area (Å²) in [5.41, 5.74) is 2.43. The van der Waals surface area contributed by atoms with Crippen LogP contribution in [0.25, 0.3) is 17.0 Å². The second-order valence-corrected chi connectivity index (χ2v) is 3.24. The van der Waals surface area contributed by atoms with E-state index in [9.17, 15) is 0 Å². The Kier molecular flexibility index (Phi) is 2.41. The Labute approximate surface area is 82.9 Å². The minimum absolute atomic E-state index is 0.779. The van der Waals surface area contributed by atoms with Gasteiger partial charge in [0, 0.05) is 22.9 Å². The highest BCUT2D eigenvalue weighted by atomic mass is 32.1. The Bertz CT molecular complexity index is 428. The largest absolute Gasteiger partial charge is 0.361 e. The van der Waals surface area contributed by atoms with Crippen LogP contribution in [0, 0.1) is 0 Å². The summed E-state index contributed by atoms with van der Waals surface area (Å²) < 4.78 is 0. The van der Waals surface area contributed by atoms with Gasteiger partial charge < -0.3 is 4.98 Å². The summed E-state index contributed by atoms with van der Waals surface area (Å²) in [4.78, 5) is 3.18. The second-order valence-electron chi connectivity index (χ2n) is 2.87. The minimum Gasteiger partial charge on any atom is -0.361 e. The van der Waals surface area contributed by atoms with E-state index in [0.29, 0.717) is 0 Å². The minimum atomic E-state index is 0.779. The van der Waals surface area contributed by atoms with Gasteiger partial charge in [-0.15, -0.1) is 0 Å². The molecule has 1 heterocycles. The summed E-state index contributed by atoms with van der Waals surface area (Å²) in [5.74, 6) is 0.779. The molecule has 0 radical (unpaired) electrons. The molecule has 0 spiro atoms. The van der Waals surface area contributed by atoms with E-state index < -0.39 is 0 Å². The van der Waals surface area contributed by atoms with Crippen molar-refractivity contribution in [2.45, 2.75) is 0 Å². The van der Waals surface area contributed by atoms with E-state index in [-0.39, 0.29) is 0 Å². The van der Waals surface area contributed by atoms with Gasteiger partial charge in [-0.1, -0.05) is 24.3 Å². The summed E-state index contributed by atoms with van der Waals surface area (Å²) in [5, 5.41) is 1.26. The molecule has 1 nitrogen and oxygen atoms in total. The molecule has 0 saturated carbocycles. The third-order valence-electron chi connectivity index (χ3n) is 2.03. The monoisotopic (exact) mass is 189 g/mol. The quantitative estimate of drug-likeness (QED) is 0.675. The van der Waals surface area contributed by atoms with Crippen LogP contribution in [0.3, 0.4) is 0 Å². The Morgan fingerprint density at radius 3 is 3.08 bits per heavy atom. The third-order valence-corrected chi connectivity index (χ3v) is 2.24. The molecule has 1 N–H and O–H groups in total. The van der Waals surface area contributed by atoms with Crippen LogP contribution >= 0.6 is 12.6 Å². The molecule has 13 heavy (non-hydrogen) atoms. The summed E-state index contributed by atoms with van der Waals surface area (Å²) in [7, 11) is 0. The molecule has 2 aromatic rings. The van der Waals surface area contributed by atoms with Crippen molar-refractivity contribution >= 4 is 29.6 Å². The van der Waals surface area contributed by atoms with Crippen molar-refractivity contribution < 1.29 is 0 Å². The van der Waals surface area contributed by atoms with Gasteiger partial charge in [-0.05, 0) is 17.7 Å². The van der Waals surface area contributed by atoms with Crippen molar-refractivity contribution in [1.29, 1.82) is 0 Å². The van der Waals surface area contributed by atoms with Crippen molar-refractivity contribution in [3.05, 3.63) is 42.1 Å². The lowest BCUT2D eigenvalue weighted by Gasteiger charge is -1.95. The van der Waals surface area contributed by atoms with Gasteiger partial charge in [-0.2, -0.15) is 12.6 Å². The fourth-order valence-corrected chi connectivity index (χ4v) is 1.54. The summed E-state index contributed by atoms with van der Waals surface area (Å²) >= 11 is 4.14. The van der Waals surface area contributed by atoms with Crippen LogP contribution in [0.2, 0.25) is 0 Å². The molecule has 0 fully saturated rings. The average Bonchev–Trinajstić information content (AvgIpc) is 2.62. The number of hydrogen-bond donors (Lipinski definition) is 2. The fourth-order valence-electron chi connectivity index (χ4n) is 1.43. The van der Waals surface area contributed by atoms with Gasteiger partial charge in [0.25, 0.3) is 0 Å². The molecular weight excluding hydrogens is 178 g/mol. The number of aromatic amines is 1. The van der Waals surface area contributed by atoms with Gasteiger partial charge >= 0.3 is 0 Å². The van der Waals surface area contributed by atoms with E-state index in [1.165, 1.54) is 16.5 Å². The first-order chi connectivity index (χ1) is 6.42. The summed E-state index contributed by atoms with van der Waals surface area (Å²) in [6.45, 7) is 0. The van der Waals surface area contributed by atoms with E-state index >= 15 is 0 Å². The number of hydrogen-bond acceptors (Lipinski definition) is 1. The maximum absolute atomic E-state index is 4.14. The van der Waals surface area contributed by atoms with Crippen LogP contribution in [-0.2, 0) is 0 Å². The van der Waals surface area contributed by atoms with Crippen LogP contribution in [0.4, 0.5) is 0 Å². The molecule has 0 saturated heterocycles. The zero-order valence-corrected chi connectivity index (χ0v) is 8.09. The molecular formula is C11H11NS. The molecule has 0 atom stereocenters. The molecule has 0 aliphatic rings. The van der Waals surface area contributed by atoms with Crippen molar-refractivity contribution in [3.63, 3.8) is 0 Å². The highest BCUT2D eigenvalue weighted by Gasteiger charge is 1.96. The van der Waals surface area contributed by atoms with Crippen LogP contribution < -0.4 is 0 Å². The standard InChI is InChI=1S/C11H11NS/c13-8-2-4-9-3-1-5-11-10(9)6-7-12-11/h1-7,12-13H,8H2. The topological polar surface area (TPSA) is 15.8 Å².